The molecule has 2 atom stereocenters. The Morgan fingerprint density at radius 1 is 1.09 bits per heavy atom. The molecule has 1 aliphatic rings. The first-order chi connectivity index (χ1) is 15.7. The van der Waals surface area contributed by atoms with Gasteiger partial charge in [-0.1, -0.05) is 30.3 Å². The fourth-order valence-corrected chi connectivity index (χ4v) is 4.27. The smallest absolute Gasteiger partial charge is 0.120 e. The summed E-state index contributed by atoms with van der Waals surface area (Å²) in [7, 11) is 0. The zero-order valence-electron chi connectivity index (χ0n) is 17.5. The number of aliphatic hydroxyl groups is 1. The van der Waals surface area contributed by atoms with Crippen molar-refractivity contribution in [3.8, 4) is 22.9 Å². The third kappa shape index (κ3) is 4.11. The van der Waals surface area contributed by atoms with E-state index in [0.29, 0.717) is 31.6 Å². The number of fused-ring (bicyclic) bond motifs is 1. The molecule has 2 unspecified atom stereocenters. The van der Waals surface area contributed by atoms with Gasteiger partial charge < -0.3 is 19.0 Å². The molecule has 0 amide bonds. The second-order valence-electron chi connectivity index (χ2n) is 8.07. The summed E-state index contributed by atoms with van der Waals surface area (Å²) < 4.78 is 17.1. The molecular weight excluding hydrogens is 402 g/mol. The van der Waals surface area contributed by atoms with Crippen LogP contribution in [-0.2, 0) is 11.3 Å². The molecule has 0 bridgehead atoms. The molecule has 32 heavy (non-hydrogen) atoms. The Hall–Kier alpha value is -3.59. The molecule has 1 N–H and O–H groups in total. The van der Waals surface area contributed by atoms with Gasteiger partial charge in [0, 0.05) is 24.2 Å². The average molecular weight is 425 g/mol. The van der Waals surface area contributed by atoms with E-state index >= 15 is 0 Å². The zero-order valence-corrected chi connectivity index (χ0v) is 17.5. The van der Waals surface area contributed by atoms with E-state index in [0.717, 1.165) is 38.8 Å². The Kier molecular flexibility index (Phi) is 5.64. The lowest BCUT2D eigenvalue weighted by molar-refractivity contribution is -0.0448. The summed E-state index contributed by atoms with van der Waals surface area (Å²) in [6.45, 7) is 1.01. The van der Waals surface area contributed by atoms with Gasteiger partial charge in [0.2, 0.25) is 0 Å². The highest BCUT2D eigenvalue weighted by Gasteiger charge is 2.22. The molecule has 1 aliphatic heterocycles. The van der Waals surface area contributed by atoms with Gasteiger partial charge in [0.25, 0.3) is 0 Å². The lowest BCUT2D eigenvalue weighted by atomic mass is 9.95. The van der Waals surface area contributed by atoms with Crippen molar-refractivity contribution in [2.75, 3.05) is 6.61 Å². The molecule has 2 heterocycles. The first-order valence-electron chi connectivity index (χ1n) is 10.7. The van der Waals surface area contributed by atoms with Crippen molar-refractivity contribution in [3.63, 3.8) is 0 Å². The molecule has 0 aliphatic carbocycles. The maximum Gasteiger partial charge on any atom is 0.120 e. The standard InChI is InChI=1S/C27H23NO4/c28-15-21-5-4-19-13-24(6-7-25(19)27(21)22-8-10-30-17-22)32-16-18-2-1-3-20(12-18)26-14-23(29)9-11-31-26/h1-8,10,12-13,17,23,26,29H,9,11,14,16H2. The number of aliphatic hydroxyl groups excluding tert-OH is 1. The van der Waals surface area contributed by atoms with E-state index in [2.05, 4.69) is 12.1 Å². The Morgan fingerprint density at radius 3 is 2.84 bits per heavy atom. The van der Waals surface area contributed by atoms with Crippen molar-refractivity contribution in [2.24, 2.45) is 0 Å². The summed E-state index contributed by atoms with van der Waals surface area (Å²) in [4.78, 5) is 0. The summed E-state index contributed by atoms with van der Waals surface area (Å²) in [6, 6.07) is 22.0. The maximum absolute atomic E-state index is 9.93. The number of hydrogen-bond acceptors (Lipinski definition) is 5. The van der Waals surface area contributed by atoms with Crippen LogP contribution in [0.15, 0.2) is 77.6 Å². The predicted octanol–water partition coefficient (Wildman–Crippen LogP) is 5.76. The highest BCUT2D eigenvalue weighted by atomic mass is 16.5. The van der Waals surface area contributed by atoms with Crippen molar-refractivity contribution in [3.05, 3.63) is 89.9 Å². The number of nitriles is 1. The molecule has 5 rings (SSSR count). The Balaban J connectivity index is 1.37. The largest absolute Gasteiger partial charge is 0.489 e. The van der Waals surface area contributed by atoms with Crippen LogP contribution in [0.1, 0.15) is 35.6 Å². The van der Waals surface area contributed by atoms with Gasteiger partial charge in [0.15, 0.2) is 0 Å². The van der Waals surface area contributed by atoms with Gasteiger partial charge in [0.1, 0.15) is 12.4 Å². The predicted molar refractivity (Wildman–Crippen MR) is 121 cm³/mol. The van der Waals surface area contributed by atoms with Crippen molar-refractivity contribution in [2.45, 2.75) is 31.7 Å². The third-order valence-electron chi connectivity index (χ3n) is 5.91. The fraction of sp³-hybridized carbons (Fsp3) is 0.222. The molecule has 5 heteroatoms. The molecule has 0 spiro atoms. The molecule has 160 valence electrons. The zero-order chi connectivity index (χ0) is 21.9. The van der Waals surface area contributed by atoms with E-state index in [1.54, 1.807) is 12.5 Å². The van der Waals surface area contributed by atoms with Crippen LogP contribution in [0.3, 0.4) is 0 Å². The van der Waals surface area contributed by atoms with Crippen molar-refractivity contribution in [1.29, 1.82) is 5.26 Å². The van der Waals surface area contributed by atoms with E-state index in [1.165, 1.54) is 0 Å². The quantitative estimate of drug-likeness (QED) is 0.440. The normalized spacial score (nSPS) is 18.4. The Morgan fingerprint density at radius 2 is 2.03 bits per heavy atom. The van der Waals surface area contributed by atoms with E-state index < -0.39 is 0 Å². The monoisotopic (exact) mass is 425 g/mol. The van der Waals surface area contributed by atoms with Gasteiger partial charge in [0.05, 0.1) is 36.4 Å². The number of furan rings is 1. The first-order valence-corrected chi connectivity index (χ1v) is 10.7. The number of hydrogen-bond donors (Lipinski definition) is 1. The van der Waals surface area contributed by atoms with Gasteiger partial charge in [-0.15, -0.1) is 0 Å². The van der Waals surface area contributed by atoms with E-state index in [9.17, 15) is 10.4 Å². The SMILES string of the molecule is N#Cc1ccc2cc(OCc3cccc(C4CC(O)CCO4)c3)ccc2c1-c1ccoc1. The van der Waals surface area contributed by atoms with Crippen LogP contribution in [0.5, 0.6) is 5.75 Å². The summed E-state index contributed by atoms with van der Waals surface area (Å²) in [5.41, 5.74) is 4.47. The molecular formula is C27H23NO4. The number of nitrogens with zero attached hydrogens (tertiary/aromatic N) is 1. The number of benzene rings is 3. The van der Waals surface area contributed by atoms with Crippen LogP contribution in [0, 0.1) is 11.3 Å². The Bertz CT molecular complexity index is 1270. The second kappa shape index (κ2) is 8.88. The number of ether oxygens (including phenoxy) is 2. The Labute approximate surface area is 186 Å². The van der Waals surface area contributed by atoms with E-state index in [-0.39, 0.29) is 12.2 Å². The lowest BCUT2D eigenvalue weighted by Gasteiger charge is -2.27. The summed E-state index contributed by atoms with van der Waals surface area (Å²) in [6.07, 6.45) is 4.20. The summed E-state index contributed by atoms with van der Waals surface area (Å²) >= 11 is 0. The summed E-state index contributed by atoms with van der Waals surface area (Å²) in [5.74, 6) is 0.759. The van der Waals surface area contributed by atoms with Gasteiger partial charge >= 0.3 is 0 Å². The molecule has 1 aromatic heterocycles. The van der Waals surface area contributed by atoms with Gasteiger partial charge in [-0.3, -0.25) is 0 Å². The molecule has 5 nitrogen and oxygen atoms in total. The highest BCUT2D eigenvalue weighted by Crippen LogP contribution is 2.34. The molecule has 1 fully saturated rings. The number of rotatable bonds is 5. The lowest BCUT2D eigenvalue weighted by Crippen LogP contribution is -2.23. The molecule has 1 saturated heterocycles. The van der Waals surface area contributed by atoms with E-state index in [4.69, 9.17) is 13.9 Å². The van der Waals surface area contributed by atoms with Gasteiger partial charge in [-0.05, 0) is 58.7 Å². The minimum atomic E-state index is -0.306. The van der Waals surface area contributed by atoms with Crippen molar-refractivity contribution >= 4 is 10.8 Å². The summed E-state index contributed by atoms with van der Waals surface area (Å²) in [5, 5.41) is 21.5. The van der Waals surface area contributed by atoms with Crippen LogP contribution in [0.25, 0.3) is 21.9 Å². The van der Waals surface area contributed by atoms with Crippen LogP contribution in [0.2, 0.25) is 0 Å². The van der Waals surface area contributed by atoms with Crippen LogP contribution >= 0.6 is 0 Å². The van der Waals surface area contributed by atoms with Gasteiger partial charge in [-0.25, -0.2) is 0 Å². The van der Waals surface area contributed by atoms with E-state index in [1.807, 2.05) is 54.6 Å². The maximum atomic E-state index is 9.93. The molecule has 0 radical (unpaired) electrons. The fourth-order valence-electron chi connectivity index (χ4n) is 4.27. The van der Waals surface area contributed by atoms with Crippen LogP contribution in [0.4, 0.5) is 0 Å². The minimum Gasteiger partial charge on any atom is -0.489 e. The molecule has 0 saturated carbocycles. The topological polar surface area (TPSA) is 75.6 Å². The average Bonchev–Trinajstić information content (AvgIpc) is 3.36. The second-order valence-corrected chi connectivity index (χ2v) is 8.07. The third-order valence-corrected chi connectivity index (χ3v) is 5.91. The molecule has 3 aromatic carbocycles. The van der Waals surface area contributed by atoms with Crippen LogP contribution < -0.4 is 4.74 Å². The van der Waals surface area contributed by atoms with Crippen LogP contribution in [-0.4, -0.2) is 17.8 Å². The first kappa shape index (κ1) is 20.3. The van der Waals surface area contributed by atoms with Gasteiger partial charge in [-0.2, -0.15) is 5.26 Å². The highest BCUT2D eigenvalue weighted by molar-refractivity contribution is 5.99. The van der Waals surface area contributed by atoms with Crippen molar-refractivity contribution < 1.29 is 19.0 Å². The molecule has 4 aromatic rings. The minimum absolute atomic E-state index is 0.0740. The van der Waals surface area contributed by atoms with Crippen molar-refractivity contribution in [1.82, 2.24) is 0 Å².